The molecule has 2 aliphatic rings. The molecule has 0 aromatic heterocycles. The molecule has 44 heavy (non-hydrogen) atoms. The molecule has 3 aromatic carbocycles. The number of aliphatic imine (C=N–C) groups is 1. The average molecular weight is 597 g/mol. The number of ether oxygens (including phenoxy) is 2. The smallest absolute Gasteiger partial charge is 0.225 e. The van der Waals surface area contributed by atoms with E-state index in [0.717, 1.165) is 74.6 Å². The van der Waals surface area contributed by atoms with Gasteiger partial charge in [0.1, 0.15) is 13.2 Å². The number of nitrogens with two attached hydrogens (primary N) is 2. The van der Waals surface area contributed by atoms with Crippen molar-refractivity contribution in [3.63, 3.8) is 0 Å². The highest BCUT2D eigenvalue weighted by Crippen LogP contribution is 2.34. The lowest BCUT2D eigenvalue weighted by Crippen LogP contribution is -2.40. The molecule has 234 valence electrons. The Hall–Kier alpha value is -4.00. The van der Waals surface area contributed by atoms with E-state index in [4.69, 9.17) is 20.9 Å². The van der Waals surface area contributed by atoms with Gasteiger partial charge in [-0.2, -0.15) is 0 Å². The van der Waals surface area contributed by atoms with Gasteiger partial charge < -0.3 is 25.8 Å². The van der Waals surface area contributed by atoms with Crippen LogP contribution in [0.4, 0.5) is 0 Å². The molecule has 2 saturated carbocycles. The van der Waals surface area contributed by atoms with Crippen LogP contribution in [0, 0.1) is 17.8 Å². The highest BCUT2D eigenvalue weighted by atomic mass is 16.5. The van der Waals surface area contributed by atoms with Gasteiger partial charge in [0.25, 0.3) is 0 Å². The zero-order valence-corrected chi connectivity index (χ0v) is 25.9. The van der Waals surface area contributed by atoms with Crippen LogP contribution in [-0.4, -0.2) is 29.9 Å². The van der Waals surface area contributed by atoms with Crippen molar-refractivity contribution in [1.29, 1.82) is 0 Å². The molecule has 0 saturated heterocycles. The summed E-state index contributed by atoms with van der Waals surface area (Å²) in [5.41, 5.74) is 14.5. The van der Waals surface area contributed by atoms with Crippen LogP contribution in [0.15, 0.2) is 83.9 Å². The lowest BCUT2D eigenvalue weighted by atomic mass is 9.80. The molecule has 0 aliphatic heterocycles. The Bertz CT molecular complexity index is 1340. The third-order valence-electron chi connectivity index (χ3n) is 9.02. The van der Waals surface area contributed by atoms with Gasteiger partial charge in [-0.1, -0.05) is 92.4 Å². The molecule has 7 nitrogen and oxygen atoms in total. The Kier molecular flexibility index (Phi) is 11.6. The van der Waals surface area contributed by atoms with Crippen LogP contribution in [0.2, 0.25) is 0 Å². The fourth-order valence-corrected chi connectivity index (χ4v) is 6.69. The summed E-state index contributed by atoms with van der Waals surface area (Å²) in [5, 5.41) is 0. The van der Waals surface area contributed by atoms with Gasteiger partial charge >= 0.3 is 0 Å². The Balaban J connectivity index is 1.34. The predicted molar refractivity (Wildman–Crippen MR) is 176 cm³/mol. The molecule has 3 aromatic rings. The van der Waals surface area contributed by atoms with E-state index in [9.17, 15) is 4.79 Å². The zero-order chi connectivity index (χ0) is 30.6. The third kappa shape index (κ3) is 9.50. The van der Waals surface area contributed by atoms with Crippen molar-refractivity contribution in [3.05, 3.63) is 95.6 Å². The molecule has 0 spiro atoms. The van der Waals surface area contributed by atoms with Crippen LogP contribution >= 0.6 is 0 Å². The first-order chi connectivity index (χ1) is 21.5. The number of carbonyl (C=O) groups excluding carboxylic acids is 1. The van der Waals surface area contributed by atoms with Crippen molar-refractivity contribution in [2.24, 2.45) is 34.2 Å². The highest BCUT2D eigenvalue weighted by molar-refractivity contribution is 5.79. The Morgan fingerprint density at radius 2 is 1.36 bits per heavy atom. The first-order valence-corrected chi connectivity index (χ1v) is 16.3. The van der Waals surface area contributed by atoms with E-state index < -0.39 is 0 Å². The van der Waals surface area contributed by atoms with Crippen LogP contribution in [0.3, 0.4) is 0 Å². The van der Waals surface area contributed by atoms with E-state index in [-0.39, 0.29) is 11.9 Å². The number of guanidine groups is 1. The van der Waals surface area contributed by atoms with Crippen molar-refractivity contribution in [2.45, 2.75) is 77.5 Å². The molecule has 0 heterocycles. The molecule has 2 fully saturated rings. The molecule has 7 heteroatoms. The summed E-state index contributed by atoms with van der Waals surface area (Å²) in [6.07, 6.45) is 9.94. The van der Waals surface area contributed by atoms with Gasteiger partial charge in [-0.05, 0) is 72.8 Å². The van der Waals surface area contributed by atoms with Crippen LogP contribution in [-0.2, 0) is 24.6 Å². The number of nitrogens with zero attached hydrogens (tertiary/aromatic N) is 2. The van der Waals surface area contributed by atoms with Crippen molar-refractivity contribution in [3.8, 4) is 11.5 Å². The molecule has 2 aliphatic carbocycles. The second-order valence-electron chi connectivity index (χ2n) is 12.5. The van der Waals surface area contributed by atoms with Gasteiger partial charge in [0.2, 0.25) is 5.91 Å². The molecule has 2 unspecified atom stereocenters. The van der Waals surface area contributed by atoms with E-state index >= 15 is 0 Å². The van der Waals surface area contributed by atoms with E-state index in [2.05, 4.69) is 46.3 Å². The molecule has 5 rings (SSSR count). The van der Waals surface area contributed by atoms with Crippen molar-refractivity contribution in [2.75, 3.05) is 13.1 Å². The fourth-order valence-electron chi connectivity index (χ4n) is 6.69. The van der Waals surface area contributed by atoms with Crippen molar-refractivity contribution < 1.29 is 14.3 Å². The van der Waals surface area contributed by atoms with Crippen LogP contribution < -0.4 is 20.9 Å². The SMILES string of the molecule is NC(N)=NCC1CCCC(CN(Cc2ccc(OCc3ccccc3)c(OCc3ccccc3)c2)C(=O)C2CCCCC2)C1. The average Bonchev–Trinajstić information content (AvgIpc) is 3.07. The van der Waals surface area contributed by atoms with Gasteiger partial charge in [0.15, 0.2) is 17.5 Å². The maximum Gasteiger partial charge on any atom is 0.225 e. The molecular weight excluding hydrogens is 548 g/mol. The minimum atomic E-state index is 0.118. The van der Waals surface area contributed by atoms with Crippen molar-refractivity contribution >= 4 is 11.9 Å². The maximum atomic E-state index is 14.0. The Morgan fingerprint density at radius 3 is 2.02 bits per heavy atom. The van der Waals surface area contributed by atoms with E-state index in [1.165, 1.54) is 6.42 Å². The maximum absolute atomic E-state index is 14.0. The minimum Gasteiger partial charge on any atom is -0.485 e. The largest absolute Gasteiger partial charge is 0.485 e. The van der Waals surface area contributed by atoms with E-state index in [1.54, 1.807) is 0 Å². The summed E-state index contributed by atoms with van der Waals surface area (Å²) >= 11 is 0. The van der Waals surface area contributed by atoms with E-state index in [1.807, 2.05) is 42.5 Å². The highest BCUT2D eigenvalue weighted by Gasteiger charge is 2.30. The van der Waals surface area contributed by atoms with Crippen LogP contribution in [0.1, 0.15) is 74.5 Å². The number of amides is 1. The van der Waals surface area contributed by atoms with Crippen LogP contribution in [0.5, 0.6) is 11.5 Å². The summed E-state index contributed by atoms with van der Waals surface area (Å²) in [6.45, 7) is 2.89. The van der Waals surface area contributed by atoms with Gasteiger partial charge in [-0.3, -0.25) is 9.79 Å². The summed E-state index contributed by atoms with van der Waals surface area (Å²) in [4.78, 5) is 20.4. The van der Waals surface area contributed by atoms with E-state index in [0.29, 0.717) is 55.5 Å². The standard InChI is InChI=1S/C37H48N4O3/c38-37(39)40-23-30-15-10-16-31(21-30)24-41(36(42)33-17-8-3-9-18-33)25-32-19-20-34(43-26-28-11-4-1-5-12-28)35(22-32)44-27-29-13-6-2-7-14-29/h1-2,4-7,11-14,19-20,22,30-31,33H,3,8-10,15-18,21,23-27H2,(H4,38,39,40). The Morgan fingerprint density at radius 1 is 0.727 bits per heavy atom. The quantitative estimate of drug-likeness (QED) is 0.166. The number of benzene rings is 3. The summed E-state index contributed by atoms with van der Waals surface area (Å²) < 4.78 is 12.6. The third-order valence-corrected chi connectivity index (χ3v) is 9.02. The fraction of sp³-hybridized carbons (Fsp3) is 0.459. The lowest BCUT2D eigenvalue weighted by Gasteiger charge is -2.35. The second kappa shape index (κ2) is 16.2. The monoisotopic (exact) mass is 596 g/mol. The van der Waals surface area contributed by atoms with Gasteiger partial charge in [-0.15, -0.1) is 0 Å². The molecule has 2 atom stereocenters. The number of carbonyl (C=O) groups is 1. The molecule has 4 N–H and O–H groups in total. The zero-order valence-electron chi connectivity index (χ0n) is 25.9. The molecule has 0 bridgehead atoms. The summed E-state index contributed by atoms with van der Waals surface area (Å²) in [7, 11) is 0. The van der Waals surface area contributed by atoms with Crippen molar-refractivity contribution in [1.82, 2.24) is 4.90 Å². The topological polar surface area (TPSA) is 103 Å². The number of rotatable bonds is 13. The number of hydrogen-bond donors (Lipinski definition) is 2. The summed E-state index contributed by atoms with van der Waals surface area (Å²) in [6, 6.07) is 26.4. The number of hydrogen-bond acceptors (Lipinski definition) is 4. The van der Waals surface area contributed by atoms with Gasteiger partial charge in [0.05, 0.1) is 0 Å². The lowest BCUT2D eigenvalue weighted by molar-refractivity contribution is -0.138. The summed E-state index contributed by atoms with van der Waals surface area (Å²) in [5.74, 6) is 2.87. The molecular formula is C37H48N4O3. The Labute approximate surface area is 262 Å². The molecule has 1 amide bonds. The van der Waals surface area contributed by atoms with Gasteiger partial charge in [0, 0.05) is 25.6 Å². The normalized spacial score (nSPS) is 18.7. The van der Waals surface area contributed by atoms with Crippen LogP contribution in [0.25, 0.3) is 0 Å². The van der Waals surface area contributed by atoms with Gasteiger partial charge in [-0.25, -0.2) is 0 Å². The predicted octanol–water partition coefficient (Wildman–Crippen LogP) is 6.83. The second-order valence-corrected chi connectivity index (χ2v) is 12.5. The molecule has 0 radical (unpaired) electrons. The first-order valence-electron chi connectivity index (χ1n) is 16.3. The first kappa shape index (κ1) is 31.4. The minimum absolute atomic E-state index is 0.118.